The second kappa shape index (κ2) is 8.28. The maximum Gasteiger partial charge on any atom is 0.254 e. The monoisotopic (exact) mass is 433 g/mol. The molecule has 1 aliphatic rings. The molecule has 1 saturated carbocycles. The van der Waals surface area contributed by atoms with Gasteiger partial charge in [-0.3, -0.25) is 9.59 Å². The van der Waals surface area contributed by atoms with E-state index in [0.717, 1.165) is 12.8 Å². The van der Waals surface area contributed by atoms with Crippen molar-refractivity contribution in [2.75, 3.05) is 13.3 Å². The number of Topliss-reactive ketones (excluding diaryl/α,β-unsaturated/α-hetero) is 1. The zero-order valence-corrected chi connectivity index (χ0v) is 18.1. The number of likely N-dealkylation sites (N-methyl/N-ethyl adjacent to an activating group) is 1. The zero-order valence-electron chi connectivity index (χ0n) is 16.5. The summed E-state index contributed by atoms with van der Waals surface area (Å²) in [7, 11) is -1.52. The number of sulfone groups is 1. The third-order valence-electron chi connectivity index (χ3n) is 5.48. The summed E-state index contributed by atoms with van der Waals surface area (Å²) in [5, 5.41) is 0.464. The topological polar surface area (TPSA) is 71.5 Å². The van der Waals surface area contributed by atoms with E-state index in [1.165, 1.54) is 11.2 Å². The van der Waals surface area contributed by atoms with Crippen LogP contribution in [0, 0.1) is 0 Å². The number of carbonyl (C=O) groups excluding carboxylic acids is 2. The van der Waals surface area contributed by atoms with E-state index in [4.69, 9.17) is 11.6 Å². The van der Waals surface area contributed by atoms with Crippen molar-refractivity contribution in [3.8, 4) is 0 Å². The molecular formula is C22H24ClNO4S. The number of carbonyl (C=O) groups is 2. The average molecular weight is 434 g/mol. The summed E-state index contributed by atoms with van der Waals surface area (Å²) in [6, 6.07) is 13.6. The fourth-order valence-electron chi connectivity index (χ4n) is 4.04. The molecule has 1 aliphatic carbocycles. The van der Waals surface area contributed by atoms with Crippen LogP contribution in [0.3, 0.4) is 0 Å². The normalized spacial score (nSPS) is 19.8. The lowest BCUT2D eigenvalue weighted by Crippen LogP contribution is -2.54. The summed E-state index contributed by atoms with van der Waals surface area (Å²) in [6.07, 6.45) is 3.71. The molecule has 0 bridgehead atoms. The molecular weight excluding hydrogens is 410 g/mol. The number of halogens is 1. The van der Waals surface area contributed by atoms with Crippen molar-refractivity contribution in [3.63, 3.8) is 0 Å². The minimum absolute atomic E-state index is 0.0126. The van der Waals surface area contributed by atoms with E-state index in [9.17, 15) is 18.0 Å². The van der Waals surface area contributed by atoms with Crippen LogP contribution in [0.15, 0.2) is 48.5 Å². The lowest BCUT2D eigenvalue weighted by Gasteiger charge is -2.44. The van der Waals surface area contributed by atoms with Crippen LogP contribution in [0.25, 0.3) is 0 Å². The van der Waals surface area contributed by atoms with Gasteiger partial charge in [0.05, 0.1) is 5.75 Å². The fraction of sp³-hybridized carbons (Fsp3) is 0.364. The highest BCUT2D eigenvalue weighted by Gasteiger charge is 2.48. The van der Waals surface area contributed by atoms with Gasteiger partial charge in [-0.05, 0) is 43.0 Å². The van der Waals surface area contributed by atoms with E-state index in [2.05, 4.69) is 0 Å². The highest BCUT2D eigenvalue weighted by molar-refractivity contribution is 7.89. The van der Waals surface area contributed by atoms with Gasteiger partial charge < -0.3 is 4.90 Å². The molecule has 0 aromatic heterocycles. The summed E-state index contributed by atoms with van der Waals surface area (Å²) >= 11 is 6.44. The summed E-state index contributed by atoms with van der Waals surface area (Å²) < 4.78 is 23.0. The lowest BCUT2D eigenvalue weighted by atomic mass is 9.74. The van der Waals surface area contributed by atoms with Gasteiger partial charge in [-0.25, -0.2) is 8.42 Å². The van der Waals surface area contributed by atoms with E-state index in [-0.39, 0.29) is 17.4 Å². The molecule has 0 heterocycles. The van der Waals surface area contributed by atoms with Crippen LogP contribution >= 0.6 is 11.6 Å². The van der Waals surface area contributed by atoms with Gasteiger partial charge in [-0.15, -0.1) is 0 Å². The van der Waals surface area contributed by atoms with E-state index in [0.29, 0.717) is 34.6 Å². The Labute approximate surface area is 176 Å². The largest absolute Gasteiger partial charge is 0.325 e. The Hall–Kier alpha value is -2.18. The Kier molecular flexibility index (Phi) is 6.15. The van der Waals surface area contributed by atoms with Gasteiger partial charge in [-0.2, -0.15) is 0 Å². The molecule has 7 heteroatoms. The molecule has 154 valence electrons. The molecule has 0 saturated heterocycles. The molecule has 1 unspecified atom stereocenters. The SMILES string of the molecule is CN(C(=O)c1ccc(CS(C)(=O)=O)cc1)C1(c2ccccc2Cl)CCCCC1=O. The van der Waals surface area contributed by atoms with Gasteiger partial charge in [0.15, 0.2) is 15.6 Å². The quantitative estimate of drug-likeness (QED) is 0.714. The summed E-state index contributed by atoms with van der Waals surface area (Å²) in [6.45, 7) is 0. The van der Waals surface area contributed by atoms with Crippen LogP contribution in [0.5, 0.6) is 0 Å². The van der Waals surface area contributed by atoms with Crippen LogP contribution in [0.1, 0.15) is 47.2 Å². The van der Waals surface area contributed by atoms with Gasteiger partial charge in [0.25, 0.3) is 5.91 Å². The number of rotatable bonds is 5. The van der Waals surface area contributed by atoms with Gasteiger partial charge in [0, 0.05) is 35.9 Å². The standard InChI is InChI=1S/C22H24ClNO4S/c1-24(21(26)17-12-10-16(11-13-17)15-29(2,27)28)22(14-6-5-9-20(22)25)18-7-3-4-8-19(18)23/h3-4,7-8,10-13H,5-6,9,14-15H2,1-2H3. The third-order valence-corrected chi connectivity index (χ3v) is 6.67. The van der Waals surface area contributed by atoms with Crippen molar-refractivity contribution in [3.05, 3.63) is 70.2 Å². The van der Waals surface area contributed by atoms with Crippen molar-refractivity contribution in [2.45, 2.75) is 37.0 Å². The Morgan fingerprint density at radius 2 is 1.76 bits per heavy atom. The Morgan fingerprint density at radius 1 is 1.10 bits per heavy atom. The van der Waals surface area contributed by atoms with Crippen molar-refractivity contribution < 1.29 is 18.0 Å². The molecule has 0 aliphatic heterocycles. The highest BCUT2D eigenvalue weighted by atomic mass is 35.5. The zero-order chi connectivity index (χ0) is 21.2. The van der Waals surface area contributed by atoms with Crippen LogP contribution in [-0.2, 0) is 25.9 Å². The lowest BCUT2D eigenvalue weighted by molar-refractivity contribution is -0.132. The van der Waals surface area contributed by atoms with E-state index < -0.39 is 15.4 Å². The predicted octanol–water partition coefficient (Wildman–Crippen LogP) is 4.00. The van der Waals surface area contributed by atoms with E-state index in [1.807, 2.05) is 12.1 Å². The molecule has 1 atom stereocenters. The molecule has 2 aromatic carbocycles. The van der Waals surface area contributed by atoms with E-state index >= 15 is 0 Å². The number of hydrogen-bond acceptors (Lipinski definition) is 4. The number of ketones is 1. The molecule has 3 rings (SSSR count). The van der Waals surface area contributed by atoms with Crippen LogP contribution in [0.2, 0.25) is 5.02 Å². The molecule has 2 aromatic rings. The smallest absolute Gasteiger partial charge is 0.254 e. The second-order valence-corrected chi connectivity index (χ2v) is 10.1. The molecule has 0 spiro atoms. The average Bonchev–Trinajstić information content (AvgIpc) is 2.67. The van der Waals surface area contributed by atoms with Crippen molar-refractivity contribution in [1.29, 1.82) is 0 Å². The summed E-state index contributed by atoms with van der Waals surface area (Å²) in [5.41, 5.74) is 0.561. The van der Waals surface area contributed by atoms with Crippen LogP contribution in [0.4, 0.5) is 0 Å². The molecule has 1 amide bonds. The fourth-order valence-corrected chi connectivity index (χ4v) is 5.13. The van der Waals surface area contributed by atoms with Crippen molar-refractivity contribution >= 4 is 33.1 Å². The number of amides is 1. The Morgan fingerprint density at radius 3 is 2.34 bits per heavy atom. The Balaban J connectivity index is 1.98. The maximum atomic E-state index is 13.3. The molecule has 5 nitrogen and oxygen atoms in total. The first-order valence-electron chi connectivity index (χ1n) is 9.48. The third kappa shape index (κ3) is 4.38. The minimum Gasteiger partial charge on any atom is -0.325 e. The van der Waals surface area contributed by atoms with Crippen LogP contribution in [-0.4, -0.2) is 38.3 Å². The highest BCUT2D eigenvalue weighted by Crippen LogP contribution is 2.42. The van der Waals surface area contributed by atoms with Gasteiger partial charge in [0.1, 0.15) is 5.54 Å². The maximum absolute atomic E-state index is 13.3. The molecule has 29 heavy (non-hydrogen) atoms. The molecule has 0 radical (unpaired) electrons. The number of hydrogen-bond donors (Lipinski definition) is 0. The van der Waals surface area contributed by atoms with Gasteiger partial charge in [-0.1, -0.05) is 41.9 Å². The summed E-state index contributed by atoms with van der Waals surface area (Å²) in [4.78, 5) is 27.9. The first kappa shape index (κ1) is 21.5. The van der Waals surface area contributed by atoms with Gasteiger partial charge >= 0.3 is 0 Å². The molecule has 1 fully saturated rings. The second-order valence-electron chi connectivity index (χ2n) is 7.60. The predicted molar refractivity (Wildman–Crippen MR) is 114 cm³/mol. The first-order chi connectivity index (χ1) is 13.6. The first-order valence-corrected chi connectivity index (χ1v) is 11.9. The van der Waals surface area contributed by atoms with Crippen LogP contribution < -0.4 is 0 Å². The minimum atomic E-state index is -3.16. The van der Waals surface area contributed by atoms with Crippen molar-refractivity contribution in [1.82, 2.24) is 4.90 Å². The summed E-state index contributed by atoms with van der Waals surface area (Å²) in [5.74, 6) is -0.396. The van der Waals surface area contributed by atoms with E-state index in [1.54, 1.807) is 43.4 Å². The van der Waals surface area contributed by atoms with Gasteiger partial charge in [0.2, 0.25) is 0 Å². The Bertz CT molecular complexity index is 1030. The number of nitrogens with zero attached hydrogens (tertiary/aromatic N) is 1. The molecule has 0 N–H and O–H groups in total. The number of benzene rings is 2. The van der Waals surface area contributed by atoms with Crippen molar-refractivity contribution in [2.24, 2.45) is 0 Å².